The number of rotatable bonds is 3. The van der Waals surface area contributed by atoms with E-state index < -0.39 is 5.54 Å². The molecule has 1 aliphatic heterocycles. The van der Waals surface area contributed by atoms with Gasteiger partial charge < -0.3 is 15.7 Å². The van der Waals surface area contributed by atoms with Gasteiger partial charge in [-0.25, -0.2) is 4.98 Å². The summed E-state index contributed by atoms with van der Waals surface area (Å²) in [6.45, 7) is 0.641. The zero-order chi connectivity index (χ0) is 18.7. The first-order valence-corrected chi connectivity index (χ1v) is 9.29. The molecule has 1 aliphatic rings. The fourth-order valence-electron chi connectivity index (χ4n) is 2.68. The Hall–Kier alpha value is -2.00. The van der Waals surface area contributed by atoms with Gasteiger partial charge in [0.1, 0.15) is 10.0 Å². The third kappa shape index (κ3) is 4.04. The van der Waals surface area contributed by atoms with Gasteiger partial charge in [-0.15, -0.1) is 0 Å². The number of aromatic nitrogens is 3. The number of carbonyl (C=O) groups excluding carboxylic acids is 1. The van der Waals surface area contributed by atoms with E-state index in [4.69, 9.17) is 17.3 Å². The van der Waals surface area contributed by atoms with Crippen molar-refractivity contribution in [3.63, 3.8) is 0 Å². The lowest BCUT2D eigenvalue weighted by Crippen LogP contribution is -2.46. The third-order valence-electron chi connectivity index (χ3n) is 4.21. The van der Waals surface area contributed by atoms with Gasteiger partial charge in [0.15, 0.2) is 5.01 Å². The highest BCUT2D eigenvalue weighted by Crippen LogP contribution is 2.33. The summed E-state index contributed by atoms with van der Waals surface area (Å²) in [5.74, 6) is -0.223. The molecule has 0 radical (unpaired) electrons. The van der Waals surface area contributed by atoms with Crippen LogP contribution in [0.2, 0.25) is 4.34 Å². The molecule has 0 bridgehead atoms. The van der Waals surface area contributed by atoms with Crippen LogP contribution in [0.1, 0.15) is 16.2 Å². The van der Waals surface area contributed by atoms with Crippen LogP contribution in [0.3, 0.4) is 0 Å². The highest BCUT2D eigenvalue weighted by atomic mass is 35.5. The van der Waals surface area contributed by atoms with Crippen LogP contribution in [-0.4, -0.2) is 55.9 Å². The molecule has 2 aromatic heterocycles. The quantitative estimate of drug-likeness (QED) is 0.829. The van der Waals surface area contributed by atoms with Crippen molar-refractivity contribution >= 4 is 28.8 Å². The summed E-state index contributed by atoms with van der Waals surface area (Å²) in [5.41, 5.74) is 6.53. The SMILES string of the molecule is Cn1cccccc(-c2nc(C(=O)N3CCC(N)(CO)C3)sc2Cl)cn1. The maximum absolute atomic E-state index is 12.7. The number of carbonyl (C=O) groups is 1. The largest absolute Gasteiger partial charge is 0.394 e. The Morgan fingerprint density at radius 3 is 3.00 bits per heavy atom. The molecule has 7 nitrogen and oxygen atoms in total. The van der Waals surface area contributed by atoms with Crippen LogP contribution >= 0.6 is 22.9 Å². The van der Waals surface area contributed by atoms with Crippen molar-refractivity contribution in [1.29, 1.82) is 0 Å². The van der Waals surface area contributed by atoms with Crippen molar-refractivity contribution in [1.82, 2.24) is 19.7 Å². The topological polar surface area (TPSA) is 97.3 Å². The molecule has 0 aliphatic carbocycles. The number of aliphatic hydroxyl groups excluding tert-OH is 1. The fourth-order valence-corrected chi connectivity index (χ4v) is 3.83. The maximum Gasteiger partial charge on any atom is 0.282 e. The van der Waals surface area contributed by atoms with E-state index in [-0.39, 0.29) is 12.5 Å². The molecular weight excluding hydrogens is 374 g/mol. The van der Waals surface area contributed by atoms with E-state index in [0.717, 1.165) is 11.3 Å². The number of nitrogens with two attached hydrogens (primary N) is 1. The number of aryl methyl sites for hydroxylation is 1. The van der Waals surface area contributed by atoms with Crippen molar-refractivity contribution in [3.8, 4) is 11.3 Å². The molecule has 26 heavy (non-hydrogen) atoms. The second-order valence-electron chi connectivity index (χ2n) is 6.31. The zero-order valence-electron chi connectivity index (χ0n) is 14.3. The van der Waals surface area contributed by atoms with Gasteiger partial charge in [0.2, 0.25) is 0 Å². The molecule has 9 heteroatoms. The summed E-state index contributed by atoms with van der Waals surface area (Å²) in [7, 11) is 1.81. The number of hydrogen-bond acceptors (Lipinski definition) is 6. The molecule has 0 saturated carbocycles. The molecule has 3 rings (SSSR count). The van der Waals surface area contributed by atoms with E-state index in [1.807, 2.05) is 37.5 Å². The van der Waals surface area contributed by atoms with E-state index in [2.05, 4.69) is 10.1 Å². The monoisotopic (exact) mass is 393 g/mol. The summed E-state index contributed by atoms with van der Waals surface area (Å²) in [4.78, 5) is 18.8. The predicted molar refractivity (Wildman–Crippen MR) is 101 cm³/mol. The highest BCUT2D eigenvalue weighted by Gasteiger charge is 2.37. The molecule has 3 N–H and O–H groups in total. The van der Waals surface area contributed by atoms with Crippen LogP contribution < -0.4 is 5.73 Å². The van der Waals surface area contributed by atoms with Crippen LogP contribution in [0.25, 0.3) is 11.3 Å². The first-order chi connectivity index (χ1) is 12.4. The minimum absolute atomic E-state index is 0.155. The normalized spacial score (nSPS) is 19.5. The summed E-state index contributed by atoms with van der Waals surface area (Å²) < 4.78 is 2.09. The first-order valence-electron chi connectivity index (χ1n) is 8.09. The maximum atomic E-state index is 12.7. The van der Waals surface area contributed by atoms with Gasteiger partial charge in [-0.2, -0.15) is 5.10 Å². The summed E-state index contributed by atoms with van der Waals surface area (Å²) in [6.07, 6.45) is 4.03. The van der Waals surface area contributed by atoms with Gasteiger partial charge >= 0.3 is 0 Å². The number of hydrogen-bond donors (Lipinski definition) is 2. The number of aliphatic hydroxyl groups is 1. The molecule has 1 saturated heterocycles. The van der Waals surface area contributed by atoms with Crippen LogP contribution in [0.5, 0.6) is 0 Å². The molecule has 138 valence electrons. The number of thiazole rings is 1. The lowest BCUT2D eigenvalue weighted by molar-refractivity contribution is 0.0775. The Labute approximate surface area is 160 Å². The Bertz CT molecular complexity index is 866. The molecular formula is C17H20ClN5O2S. The van der Waals surface area contributed by atoms with Crippen LogP contribution in [0, 0.1) is 0 Å². The molecule has 1 amide bonds. The lowest BCUT2D eigenvalue weighted by Gasteiger charge is -2.21. The average molecular weight is 394 g/mol. The van der Waals surface area contributed by atoms with E-state index in [1.165, 1.54) is 0 Å². The Morgan fingerprint density at radius 1 is 1.46 bits per heavy atom. The average Bonchev–Trinajstić information content (AvgIpc) is 3.22. The number of halogens is 1. The van der Waals surface area contributed by atoms with Gasteiger partial charge in [-0.05, 0) is 12.5 Å². The smallest absolute Gasteiger partial charge is 0.282 e. The molecule has 1 atom stereocenters. The van der Waals surface area contributed by atoms with Crippen LogP contribution in [0.15, 0.2) is 36.7 Å². The Morgan fingerprint density at radius 2 is 2.27 bits per heavy atom. The van der Waals surface area contributed by atoms with Gasteiger partial charge in [0.05, 0.1) is 18.3 Å². The Balaban J connectivity index is 1.91. The van der Waals surface area contributed by atoms with E-state index >= 15 is 0 Å². The van der Waals surface area contributed by atoms with E-state index in [0.29, 0.717) is 40.1 Å². The molecule has 1 fully saturated rings. The van der Waals surface area contributed by atoms with Gasteiger partial charge in [0, 0.05) is 31.9 Å². The van der Waals surface area contributed by atoms with Crippen molar-refractivity contribution in [3.05, 3.63) is 46.0 Å². The molecule has 3 heterocycles. The zero-order valence-corrected chi connectivity index (χ0v) is 15.9. The van der Waals surface area contributed by atoms with Crippen LogP contribution in [-0.2, 0) is 7.05 Å². The lowest BCUT2D eigenvalue weighted by atomic mass is 10.0. The Kier molecular flexibility index (Phi) is 5.57. The summed E-state index contributed by atoms with van der Waals surface area (Å²) >= 11 is 7.48. The van der Waals surface area contributed by atoms with Crippen molar-refractivity contribution in [2.45, 2.75) is 12.0 Å². The van der Waals surface area contributed by atoms with Crippen LogP contribution in [0.4, 0.5) is 0 Å². The van der Waals surface area contributed by atoms with Crippen molar-refractivity contribution in [2.24, 2.45) is 12.8 Å². The molecule has 0 spiro atoms. The summed E-state index contributed by atoms with van der Waals surface area (Å²) in [5, 5.41) is 14.0. The van der Waals surface area contributed by atoms with Crippen molar-refractivity contribution < 1.29 is 9.90 Å². The molecule has 1 unspecified atom stereocenters. The van der Waals surface area contributed by atoms with Gasteiger partial charge in [-0.3, -0.25) is 9.48 Å². The highest BCUT2D eigenvalue weighted by molar-refractivity contribution is 7.18. The third-order valence-corrected chi connectivity index (χ3v) is 5.45. The second-order valence-corrected chi connectivity index (χ2v) is 7.91. The van der Waals surface area contributed by atoms with E-state index in [9.17, 15) is 9.90 Å². The molecule has 0 aromatic carbocycles. The predicted octanol–water partition coefficient (Wildman–Crippen LogP) is 1.86. The van der Waals surface area contributed by atoms with Crippen molar-refractivity contribution in [2.75, 3.05) is 19.7 Å². The van der Waals surface area contributed by atoms with Gasteiger partial charge in [0.25, 0.3) is 5.91 Å². The first kappa shape index (κ1) is 18.8. The number of likely N-dealkylation sites (tertiary alicyclic amines) is 1. The minimum atomic E-state index is -0.741. The standard InChI is InChI=1S/C17H20ClN5O2S/c1-22-7-4-2-3-5-12(9-20-22)13-14(18)26-15(21-13)16(25)23-8-6-17(19,10-23)11-24/h2-5,7,9,24H,6,8,10-11,19H2,1H3. The molecule has 2 aromatic rings. The second kappa shape index (κ2) is 7.71. The number of nitrogens with zero attached hydrogens (tertiary/aromatic N) is 4. The van der Waals surface area contributed by atoms with Gasteiger partial charge in [-0.1, -0.05) is 41.1 Å². The van der Waals surface area contributed by atoms with E-state index in [1.54, 1.807) is 15.8 Å². The fraction of sp³-hybridized carbons (Fsp3) is 0.353. The minimum Gasteiger partial charge on any atom is -0.394 e. The number of amides is 1. The summed E-state index contributed by atoms with van der Waals surface area (Å²) in [6, 6.07) is 7.44.